The van der Waals surface area contributed by atoms with Gasteiger partial charge in [-0.1, -0.05) is 24.3 Å². The third-order valence-electron chi connectivity index (χ3n) is 3.79. The molecule has 19 heavy (non-hydrogen) atoms. The van der Waals surface area contributed by atoms with Gasteiger partial charge in [0.2, 0.25) is 0 Å². The SMILES string of the molecule is OCCC1CCN(C/C=C/c2ccc(F)cc2)CC1. The lowest BCUT2D eigenvalue weighted by molar-refractivity contribution is 0.169. The monoisotopic (exact) mass is 263 g/mol. The van der Waals surface area contributed by atoms with Crippen LogP contribution in [0.5, 0.6) is 0 Å². The number of benzene rings is 1. The highest BCUT2D eigenvalue weighted by Gasteiger charge is 2.17. The molecule has 1 aliphatic rings. The Bertz CT molecular complexity index is 394. The molecule has 1 aliphatic heterocycles. The molecule has 0 aromatic heterocycles. The quantitative estimate of drug-likeness (QED) is 0.883. The molecule has 1 aromatic rings. The van der Waals surface area contributed by atoms with E-state index in [4.69, 9.17) is 5.11 Å². The van der Waals surface area contributed by atoms with E-state index < -0.39 is 0 Å². The Labute approximate surface area is 114 Å². The van der Waals surface area contributed by atoms with Crippen LogP contribution in [0.25, 0.3) is 6.08 Å². The van der Waals surface area contributed by atoms with Gasteiger partial charge in [0.1, 0.15) is 5.82 Å². The van der Waals surface area contributed by atoms with Crippen molar-refractivity contribution in [2.75, 3.05) is 26.2 Å². The zero-order chi connectivity index (χ0) is 13.5. The van der Waals surface area contributed by atoms with E-state index in [0.717, 1.165) is 31.6 Å². The van der Waals surface area contributed by atoms with E-state index in [1.165, 1.54) is 25.0 Å². The number of rotatable bonds is 5. The molecule has 0 aliphatic carbocycles. The van der Waals surface area contributed by atoms with Crippen LogP contribution in [0, 0.1) is 11.7 Å². The largest absolute Gasteiger partial charge is 0.396 e. The summed E-state index contributed by atoms with van der Waals surface area (Å²) in [4.78, 5) is 2.42. The fourth-order valence-corrected chi connectivity index (χ4v) is 2.55. The van der Waals surface area contributed by atoms with Crippen LogP contribution in [0.2, 0.25) is 0 Å². The lowest BCUT2D eigenvalue weighted by Crippen LogP contribution is -2.34. The van der Waals surface area contributed by atoms with E-state index in [9.17, 15) is 4.39 Å². The molecule has 0 atom stereocenters. The van der Waals surface area contributed by atoms with Crippen LogP contribution in [0.15, 0.2) is 30.3 Å². The van der Waals surface area contributed by atoms with Crippen molar-refractivity contribution in [3.63, 3.8) is 0 Å². The number of halogens is 1. The number of likely N-dealkylation sites (tertiary alicyclic amines) is 1. The summed E-state index contributed by atoms with van der Waals surface area (Å²) in [6.07, 6.45) is 7.49. The zero-order valence-electron chi connectivity index (χ0n) is 11.3. The second kappa shape index (κ2) is 7.41. The van der Waals surface area contributed by atoms with E-state index in [1.807, 2.05) is 6.08 Å². The summed E-state index contributed by atoms with van der Waals surface area (Å²) >= 11 is 0. The van der Waals surface area contributed by atoms with Crippen molar-refractivity contribution in [3.05, 3.63) is 41.7 Å². The van der Waals surface area contributed by atoms with Gasteiger partial charge in [-0.2, -0.15) is 0 Å². The molecule has 1 heterocycles. The summed E-state index contributed by atoms with van der Waals surface area (Å²) in [6.45, 7) is 3.48. The van der Waals surface area contributed by atoms with E-state index in [-0.39, 0.29) is 5.82 Å². The average molecular weight is 263 g/mol. The molecule has 2 rings (SSSR count). The first-order chi connectivity index (χ1) is 9.28. The van der Waals surface area contributed by atoms with Gasteiger partial charge >= 0.3 is 0 Å². The van der Waals surface area contributed by atoms with Gasteiger partial charge < -0.3 is 5.11 Å². The Morgan fingerprint density at radius 1 is 1.21 bits per heavy atom. The molecule has 0 radical (unpaired) electrons. The summed E-state index contributed by atoms with van der Waals surface area (Å²) in [5, 5.41) is 8.92. The zero-order valence-corrected chi connectivity index (χ0v) is 11.3. The number of hydrogen-bond donors (Lipinski definition) is 1. The molecule has 1 fully saturated rings. The van der Waals surface area contributed by atoms with Gasteiger partial charge in [0, 0.05) is 13.2 Å². The number of hydrogen-bond acceptors (Lipinski definition) is 2. The van der Waals surface area contributed by atoms with Gasteiger partial charge in [-0.05, 0) is 56.0 Å². The molecule has 1 saturated heterocycles. The standard InChI is InChI=1S/C16H22FNO/c17-16-5-3-14(4-6-16)2-1-10-18-11-7-15(8-12-18)9-13-19/h1-6,15,19H,7-13H2/b2-1+. The smallest absolute Gasteiger partial charge is 0.123 e. The molecular formula is C16H22FNO. The highest BCUT2D eigenvalue weighted by Crippen LogP contribution is 2.19. The van der Waals surface area contributed by atoms with Crippen molar-refractivity contribution in [1.82, 2.24) is 4.90 Å². The highest BCUT2D eigenvalue weighted by molar-refractivity contribution is 5.48. The maximum Gasteiger partial charge on any atom is 0.123 e. The second-order valence-corrected chi connectivity index (χ2v) is 5.21. The van der Waals surface area contributed by atoms with Crippen molar-refractivity contribution in [2.24, 2.45) is 5.92 Å². The van der Waals surface area contributed by atoms with Gasteiger partial charge in [0.05, 0.1) is 0 Å². The van der Waals surface area contributed by atoms with E-state index >= 15 is 0 Å². The Morgan fingerprint density at radius 3 is 2.53 bits per heavy atom. The molecule has 0 spiro atoms. The summed E-state index contributed by atoms with van der Waals surface area (Å²) in [7, 11) is 0. The van der Waals surface area contributed by atoms with Crippen LogP contribution in [0.1, 0.15) is 24.8 Å². The molecule has 1 aromatic carbocycles. The number of piperidine rings is 1. The van der Waals surface area contributed by atoms with Crippen molar-refractivity contribution >= 4 is 6.08 Å². The maximum atomic E-state index is 12.7. The Morgan fingerprint density at radius 2 is 1.89 bits per heavy atom. The highest BCUT2D eigenvalue weighted by atomic mass is 19.1. The van der Waals surface area contributed by atoms with Gasteiger partial charge in [-0.15, -0.1) is 0 Å². The predicted octanol–water partition coefficient (Wildman–Crippen LogP) is 2.93. The normalized spacial score (nSPS) is 18.2. The molecule has 3 heteroatoms. The average Bonchev–Trinajstić information content (AvgIpc) is 2.43. The van der Waals surface area contributed by atoms with Gasteiger partial charge in [0.15, 0.2) is 0 Å². The molecule has 1 N–H and O–H groups in total. The first-order valence-corrected chi connectivity index (χ1v) is 7.03. The number of aliphatic hydroxyl groups excluding tert-OH is 1. The molecule has 104 valence electrons. The van der Waals surface area contributed by atoms with Crippen molar-refractivity contribution in [3.8, 4) is 0 Å². The lowest BCUT2D eigenvalue weighted by atomic mass is 9.94. The summed E-state index contributed by atoms with van der Waals surface area (Å²) < 4.78 is 12.7. The van der Waals surface area contributed by atoms with Gasteiger partial charge in [-0.3, -0.25) is 4.90 Å². The number of nitrogens with zero attached hydrogens (tertiary/aromatic N) is 1. The van der Waals surface area contributed by atoms with Crippen LogP contribution < -0.4 is 0 Å². The third kappa shape index (κ3) is 4.77. The van der Waals surface area contributed by atoms with Crippen LogP contribution in [0.4, 0.5) is 4.39 Å². The first-order valence-electron chi connectivity index (χ1n) is 7.03. The molecule has 0 saturated carbocycles. The molecule has 2 nitrogen and oxygen atoms in total. The summed E-state index contributed by atoms with van der Waals surface area (Å²) in [5.74, 6) is 0.505. The van der Waals surface area contributed by atoms with Gasteiger partial charge in [0.25, 0.3) is 0 Å². The van der Waals surface area contributed by atoms with Crippen molar-refractivity contribution in [2.45, 2.75) is 19.3 Å². The Balaban J connectivity index is 1.73. The van der Waals surface area contributed by atoms with Crippen LogP contribution in [-0.4, -0.2) is 36.2 Å². The second-order valence-electron chi connectivity index (χ2n) is 5.21. The summed E-state index contributed by atoms with van der Waals surface area (Å²) in [6, 6.07) is 6.55. The van der Waals surface area contributed by atoms with Crippen molar-refractivity contribution < 1.29 is 9.50 Å². The molecular weight excluding hydrogens is 241 g/mol. The Hall–Kier alpha value is -1.19. The minimum Gasteiger partial charge on any atom is -0.396 e. The van der Waals surface area contributed by atoms with Crippen molar-refractivity contribution in [1.29, 1.82) is 0 Å². The summed E-state index contributed by atoms with van der Waals surface area (Å²) in [5.41, 5.74) is 1.04. The molecule has 0 amide bonds. The van der Waals surface area contributed by atoms with E-state index in [2.05, 4.69) is 11.0 Å². The minimum absolute atomic E-state index is 0.192. The van der Waals surface area contributed by atoms with Crippen LogP contribution in [0.3, 0.4) is 0 Å². The van der Waals surface area contributed by atoms with Crippen LogP contribution in [-0.2, 0) is 0 Å². The molecule has 0 unspecified atom stereocenters. The number of aliphatic hydroxyl groups is 1. The lowest BCUT2D eigenvalue weighted by Gasteiger charge is -2.30. The first kappa shape index (κ1) is 14.2. The topological polar surface area (TPSA) is 23.5 Å². The van der Waals surface area contributed by atoms with E-state index in [0.29, 0.717) is 12.5 Å². The molecule has 0 bridgehead atoms. The minimum atomic E-state index is -0.192. The predicted molar refractivity (Wildman–Crippen MR) is 76.3 cm³/mol. The maximum absolute atomic E-state index is 12.7. The van der Waals surface area contributed by atoms with Crippen LogP contribution >= 0.6 is 0 Å². The Kier molecular flexibility index (Phi) is 5.55. The van der Waals surface area contributed by atoms with Gasteiger partial charge in [-0.25, -0.2) is 4.39 Å². The third-order valence-corrected chi connectivity index (χ3v) is 3.79. The fourth-order valence-electron chi connectivity index (χ4n) is 2.55. The van der Waals surface area contributed by atoms with E-state index in [1.54, 1.807) is 12.1 Å². The fraction of sp³-hybridized carbons (Fsp3) is 0.500.